The highest BCUT2D eigenvalue weighted by Crippen LogP contribution is 2.21. The van der Waals surface area contributed by atoms with Gasteiger partial charge in [-0.2, -0.15) is 0 Å². The quantitative estimate of drug-likeness (QED) is 0.362. The normalized spacial score (nSPS) is 13.8. The SMILES string of the molecule is NC(=O)c1nc2ccccc2s1.O=C(O)CCc1ccc(OCCCCC2CCNCC2)cc1. The molecule has 0 bridgehead atoms. The number of rotatable bonds is 10. The van der Waals surface area contributed by atoms with Gasteiger partial charge >= 0.3 is 5.97 Å². The first kappa shape index (κ1) is 25.6. The summed E-state index contributed by atoms with van der Waals surface area (Å²) >= 11 is 1.32. The molecule has 0 spiro atoms. The summed E-state index contributed by atoms with van der Waals surface area (Å²) in [5.41, 5.74) is 6.96. The van der Waals surface area contributed by atoms with Crippen LogP contribution in [0.2, 0.25) is 0 Å². The van der Waals surface area contributed by atoms with Gasteiger partial charge in [-0.3, -0.25) is 9.59 Å². The average Bonchev–Trinajstić information content (AvgIpc) is 3.29. The van der Waals surface area contributed by atoms with Gasteiger partial charge in [0.2, 0.25) is 0 Å². The van der Waals surface area contributed by atoms with Gasteiger partial charge in [0.1, 0.15) is 5.75 Å². The Bertz CT molecular complexity index is 1010. The van der Waals surface area contributed by atoms with E-state index in [1.807, 2.05) is 48.5 Å². The van der Waals surface area contributed by atoms with Crippen molar-refractivity contribution in [1.29, 1.82) is 0 Å². The van der Waals surface area contributed by atoms with E-state index in [0.29, 0.717) is 11.4 Å². The Kier molecular flexibility index (Phi) is 10.3. The summed E-state index contributed by atoms with van der Waals surface area (Å²) < 4.78 is 6.74. The van der Waals surface area contributed by atoms with Crippen molar-refractivity contribution in [1.82, 2.24) is 10.3 Å². The maximum atomic E-state index is 10.7. The number of amides is 1. The highest BCUT2D eigenvalue weighted by atomic mass is 32.1. The fourth-order valence-corrected chi connectivity index (χ4v) is 4.69. The Morgan fingerprint density at radius 1 is 1.09 bits per heavy atom. The van der Waals surface area contributed by atoms with Crippen LogP contribution in [0.1, 0.15) is 53.9 Å². The maximum absolute atomic E-state index is 10.7. The Hall–Kier alpha value is -2.97. The van der Waals surface area contributed by atoms with Crippen LogP contribution in [0.25, 0.3) is 10.2 Å². The summed E-state index contributed by atoms with van der Waals surface area (Å²) in [6, 6.07) is 15.3. The van der Waals surface area contributed by atoms with E-state index >= 15 is 0 Å². The molecule has 1 fully saturated rings. The molecule has 3 aromatic rings. The van der Waals surface area contributed by atoms with E-state index in [9.17, 15) is 9.59 Å². The van der Waals surface area contributed by atoms with Crippen molar-refractivity contribution in [2.24, 2.45) is 11.7 Å². The molecule has 1 aliphatic heterocycles. The molecule has 0 radical (unpaired) electrons. The monoisotopic (exact) mass is 483 g/mol. The number of carboxylic acid groups (broad SMARTS) is 1. The third-order valence-electron chi connectivity index (χ3n) is 5.79. The molecule has 4 N–H and O–H groups in total. The minimum atomic E-state index is -0.755. The fraction of sp³-hybridized carbons (Fsp3) is 0.423. The van der Waals surface area contributed by atoms with E-state index in [2.05, 4.69) is 10.3 Å². The van der Waals surface area contributed by atoms with Crippen molar-refractivity contribution < 1.29 is 19.4 Å². The number of primary amides is 1. The minimum Gasteiger partial charge on any atom is -0.494 e. The Morgan fingerprint density at radius 2 is 1.82 bits per heavy atom. The topological polar surface area (TPSA) is 115 Å². The minimum absolute atomic E-state index is 0.177. The number of benzene rings is 2. The highest BCUT2D eigenvalue weighted by Gasteiger charge is 2.12. The molecule has 2 heterocycles. The van der Waals surface area contributed by atoms with Gasteiger partial charge in [0, 0.05) is 6.42 Å². The maximum Gasteiger partial charge on any atom is 0.303 e. The molecule has 0 unspecified atom stereocenters. The number of piperidine rings is 1. The lowest BCUT2D eigenvalue weighted by Crippen LogP contribution is -2.27. The first-order valence-electron chi connectivity index (χ1n) is 11.8. The molecule has 2 aromatic carbocycles. The van der Waals surface area contributed by atoms with Crippen molar-refractivity contribution in [3.05, 3.63) is 59.1 Å². The number of carbonyl (C=O) groups excluding carboxylic acids is 1. The number of aryl methyl sites for hydroxylation is 1. The van der Waals surface area contributed by atoms with Crippen LogP contribution < -0.4 is 15.8 Å². The van der Waals surface area contributed by atoms with Gasteiger partial charge in [-0.15, -0.1) is 11.3 Å². The molecule has 7 nitrogen and oxygen atoms in total. The van der Waals surface area contributed by atoms with Gasteiger partial charge in [-0.25, -0.2) is 4.98 Å². The predicted octanol–water partition coefficient (Wildman–Crippen LogP) is 4.65. The Morgan fingerprint density at radius 3 is 2.50 bits per heavy atom. The largest absolute Gasteiger partial charge is 0.494 e. The molecule has 0 aliphatic carbocycles. The molecule has 34 heavy (non-hydrogen) atoms. The van der Waals surface area contributed by atoms with Crippen molar-refractivity contribution in [2.45, 2.75) is 44.9 Å². The van der Waals surface area contributed by atoms with Crippen LogP contribution in [0.3, 0.4) is 0 Å². The molecule has 1 amide bonds. The molecule has 1 saturated heterocycles. The fourth-order valence-electron chi connectivity index (χ4n) is 3.88. The number of thiazole rings is 1. The molecular weight excluding hydrogens is 450 g/mol. The van der Waals surface area contributed by atoms with Gasteiger partial charge in [-0.05, 0) is 80.9 Å². The average molecular weight is 484 g/mol. The van der Waals surface area contributed by atoms with Crippen molar-refractivity contribution in [2.75, 3.05) is 19.7 Å². The second kappa shape index (κ2) is 13.7. The van der Waals surface area contributed by atoms with E-state index in [1.165, 1.54) is 50.1 Å². The van der Waals surface area contributed by atoms with E-state index < -0.39 is 11.9 Å². The van der Waals surface area contributed by atoms with Gasteiger partial charge in [0.05, 0.1) is 16.8 Å². The lowest BCUT2D eigenvalue weighted by Gasteiger charge is -2.22. The van der Waals surface area contributed by atoms with Crippen molar-refractivity contribution >= 4 is 33.4 Å². The Labute approximate surface area is 204 Å². The number of unbranched alkanes of at least 4 members (excludes halogenated alkanes) is 1. The summed E-state index contributed by atoms with van der Waals surface area (Å²) in [5, 5.41) is 12.4. The number of carboxylic acids is 1. The number of nitrogens with zero attached hydrogens (tertiary/aromatic N) is 1. The molecule has 1 aliphatic rings. The number of carbonyl (C=O) groups is 2. The van der Waals surface area contributed by atoms with Crippen LogP contribution in [0, 0.1) is 5.92 Å². The first-order valence-corrected chi connectivity index (χ1v) is 12.6. The van der Waals surface area contributed by atoms with Crippen LogP contribution in [-0.4, -0.2) is 41.7 Å². The van der Waals surface area contributed by atoms with Crippen LogP contribution in [-0.2, 0) is 11.2 Å². The molecular formula is C26H33N3O4S. The summed E-state index contributed by atoms with van der Waals surface area (Å²) in [5.74, 6) is 0.556. The van der Waals surface area contributed by atoms with E-state index in [-0.39, 0.29) is 6.42 Å². The molecule has 1 aromatic heterocycles. The van der Waals surface area contributed by atoms with Gasteiger partial charge < -0.3 is 20.9 Å². The van der Waals surface area contributed by atoms with Crippen LogP contribution in [0.5, 0.6) is 5.75 Å². The zero-order valence-corrected chi connectivity index (χ0v) is 20.2. The van der Waals surface area contributed by atoms with Gasteiger partial charge in [0.15, 0.2) is 5.01 Å². The second-order valence-corrected chi connectivity index (χ2v) is 9.46. The zero-order valence-electron chi connectivity index (χ0n) is 19.4. The zero-order chi connectivity index (χ0) is 24.2. The van der Waals surface area contributed by atoms with Crippen LogP contribution in [0.4, 0.5) is 0 Å². The number of aromatic nitrogens is 1. The summed E-state index contributed by atoms with van der Waals surface area (Å²) in [6.45, 7) is 3.12. The standard InChI is InChI=1S/C18H27NO3.C8H6N2OS/c20-18(21)9-6-16-4-7-17(8-5-16)22-14-2-1-3-15-10-12-19-13-11-15;9-7(11)8-10-5-3-1-2-4-6(5)12-8/h4-5,7-8,15,19H,1-3,6,9-14H2,(H,20,21);1-4H,(H2,9,11). The number of para-hydroxylation sites is 1. The summed E-state index contributed by atoms with van der Waals surface area (Å²) in [4.78, 5) is 25.3. The third kappa shape index (κ3) is 8.76. The second-order valence-electron chi connectivity index (χ2n) is 8.43. The lowest BCUT2D eigenvalue weighted by molar-refractivity contribution is -0.136. The summed E-state index contributed by atoms with van der Waals surface area (Å²) in [7, 11) is 0. The molecule has 8 heteroatoms. The van der Waals surface area contributed by atoms with E-state index in [4.69, 9.17) is 15.6 Å². The molecule has 0 atom stereocenters. The number of nitrogens with two attached hydrogens (primary N) is 1. The van der Waals surface area contributed by atoms with E-state index in [0.717, 1.165) is 40.5 Å². The van der Waals surface area contributed by atoms with Gasteiger partial charge in [-0.1, -0.05) is 30.7 Å². The predicted molar refractivity (Wildman–Crippen MR) is 135 cm³/mol. The summed E-state index contributed by atoms with van der Waals surface area (Å²) in [6.07, 6.45) is 7.05. The van der Waals surface area contributed by atoms with Crippen molar-refractivity contribution in [3.63, 3.8) is 0 Å². The smallest absolute Gasteiger partial charge is 0.303 e. The first-order chi connectivity index (χ1) is 16.5. The number of nitrogens with one attached hydrogen (secondary N) is 1. The van der Waals surface area contributed by atoms with Crippen molar-refractivity contribution in [3.8, 4) is 5.75 Å². The molecule has 0 saturated carbocycles. The number of hydrogen-bond donors (Lipinski definition) is 3. The Balaban J connectivity index is 0.000000226. The number of ether oxygens (including phenoxy) is 1. The lowest BCUT2D eigenvalue weighted by atomic mass is 9.93. The third-order valence-corrected chi connectivity index (χ3v) is 6.84. The van der Waals surface area contributed by atoms with Crippen LogP contribution >= 0.6 is 11.3 Å². The molecule has 4 rings (SSSR count). The number of hydrogen-bond acceptors (Lipinski definition) is 6. The number of fused-ring (bicyclic) bond motifs is 1. The highest BCUT2D eigenvalue weighted by molar-refractivity contribution is 7.20. The van der Waals surface area contributed by atoms with Crippen LogP contribution in [0.15, 0.2) is 48.5 Å². The molecule has 182 valence electrons. The number of aliphatic carboxylic acids is 1. The van der Waals surface area contributed by atoms with E-state index in [1.54, 1.807) is 0 Å². The van der Waals surface area contributed by atoms with Gasteiger partial charge in [0.25, 0.3) is 5.91 Å².